The lowest BCUT2D eigenvalue weighted by Crippen LogP contribution is -2.43. The molecule has 0 atom stereocenters. The first-order chi connectivity index (χ1) is 18.9. The summed E-state index contributed by atoms with van der Waals surface area (Å²) in [4.78, 5) is 19.1. The van der Waals surface area contributed by atoms with E-state index in [1.54, 1.807) is 16.8 Å². The predicted octanol–water partition coefficient (Wildman–Crippen LogP) is 4.89. The van der Waals surface area contributed by atoms with Gasteiger partial charge in [-0.2, -0.15) is 18.3 Å². The van der Waals surface area contributed by atoms with Gasteiger partial charge in [0.2, 0.25) is 5.88 Å². The lowest BCUT2D eigenvalue weighted by atomic mass is 9.81. The Bertz CT molecular complexity index is 1230. The molecular weight excluding hydrogens is 526 g/mol. The third-order valence-corrected chi connectivity index (χ3v) is 7.69. The number of alkyl halides is 4. The molecule has 2 aliphatic rings. The van der Waals surface area contributed by atoms with Crippen LogP contribution in [0.25, 0.3) is 6.08 Å². The largest absolute Gasteiger partial charge is 0.468 e. The van der Waals surface area contributed by atoms with Crippen molar-refractivity contribution in [3.8, 4) is 5.88 Å². The standard InChI is InChI=1S/C29H37F4N5O2/c1-20(4-5-23-18-37(3)36-21(23)2)27(39)34-24-8-12-28(30,13-9-24)14-17-38-15-10-22-6-7-26(35-25(22)11-16-38)40-19-29(31,32)33/h4-7,18,24H,1,8-17,19H2,2-3H3,(H,34,39)/b5-4-. The molecule has 2 aromatic rings. The molecule has 7 nitrogen and oxygen atoms in total. The first-order valence-corrected chi connectivity index (χ1v) is 13.7. The zero-order chi connectivity index (χ0) is 28.9. The van der Waals surface area contributed by atoms with E-state index in [1.807, 2.05) is 26.2 Å². The Morgan fingerprint density at radius 2 is 1.98 bits per heavy atom. The van der Waals surface area contributed by atoms with Crippen LogP contribution in [0.15, 0.2) is 36.6 Å². The van der Waals surface area contributed by atoms with E-state index in [4.69, 9.17) is 4.74 Å². The van der Waals surface area contributed by atoms with Crippen LogP contribution in [-0.2, 0) is 24.7 Å². The summed E-state index contributed by atoms with van der Waals surface area (Å²) in [5, 5.41) is 7.26. The third kappa shape index (κ3) is 8.39. The number of hydrogen-bond acceptors (Lipinski definition) is 5. The zero-order valence-electron chi connectivity index (χ0n) is 23.1. The predicted molar refractivity (Wildman–Crippen MR) is 145 cm³/mol. The molecule has 0 bridgehead atoms. The molecule has 1 fully saturated rings. The highest BCUT2D eigenvalue weighted by atomic mass is 19.4. The van der Waals surface area contributed by atoms with Crippen LogP contribution in [0.1, 0.15) is 54.6 Å². The fourth-order valence-electron chi connectivity index (χ4n) is 5.28. The fraction of sp³-hybridized carbons (Fsp3) is 0.552. The van der Waals surface area contributed by atoms with Gasteiger partial charge in [-0.05, 0) is 57.1 Å². The van der Waals surface area contributed by atoms with Crippen LogP contribution >= 0.6 is 0 Å². The van der Waals surface area contributed by atoms with Crippen molar-refractivity contribution in [3.05, 3.63) is 59.1 Å². The lowest BCUT2D eigenvalue weighted by molar-refractivity contribution is -0.154. The van der Waals surface area contributed by atoms with Crippen LogP contribution in [0.2, 0.25) is 0 Å². The van der Waals surface area contributed by atoms with Crippen molar-refractivity contribution in [1.29, 1.82) is 0 Å². The number of hydrogen-bond donors (Lipinski definition) is 1. The van der Waals surface area contributed by atoms with E-state index in [2.05, 4.69) is 26.9 Å². The second kappa shape index (κ2) is 12.5. The maximum absolute atomic E-state index is 15.6. The Hall–Kier alpha value is -3.21. The number of pyridine rings is 1. The number of ether oxygens (including phenoxy) is 1. The van der Waals surface area contributed by atoms with Crippen molar-refractivity contribution in [2.75, 3.05) is 26.2 Å². The molecule has 2 aromatic heterocycles. The average molecular weight is 564 g/mol. The van der Waals surface area contributed by atoms with Crippen LogP contribution in [0.5, 0.6) is 5.88 Å². The van der Waals surface area contributed by atoms with Crippen LogP contribution in [-0.4, -0.2) is 69.7 Å². The summed E-state index contributed by atoms with van der Waals surface area (Å²) >= 11 is 0. The first kappa shape index (κ1) is 29.8. The molecule has 4 rings (SSSR count). The Kier molecular flexibility index (Phi) is 9.33. The van der Waals surface area contributed by atoms with Gasteiger partial charge in [0.1, 0.15) is 5.67 Å². The quantitative estimate of drug-likeness (QED) is 0.267. The SMILES string of the molecule is C=C(/C=C\c1cn(C)nc1C)C(=O)NC1CCC(F)(CCN2CCc3ccc(OCC(F)(F)F)nc3CC2)CC1. The van der Waals surface area contributed by atoms with Crippen molar-refractivity contribution >= 4 is 12.0 Å². The fourth-order valence-corrected chi connectivity index (χ4v) is 5.28. The third-order valence-electron chi connectivity index (χ3n) is 7.69. The first-order valence-electron chi connectivity index (χ1n) is 13.7. The summed E-state index contributed by atoms with van der Waals surface area (Å²) in [6.45, 7) is 6.38. The number of halogens is 4. The van der Waals surface area contributed by atoms with E-state index >= 15 is 4.39 Å². The highest BCUT2D eigenvalue weighted by Crippen LogP contribution is 2.35. The van der Waals surface area contributed by atoms with Gasteiger partial charge in [-0.25, -0.2) is 9.37 Å². The van der Waals surface area contributed by atoms with Gasteiger partial charge in [0.15, 0.2) is 6.61 Å². The van der Waals surface area contributed by atoms with E-state index in [0.717, 1.165) is 29.1 Å². The summed E-state index contributed by atoms with van der Waals surface area (Å²) in [5.74, 6) is -0.280. The summed E-state index contributed by atoms with van der Waals surface area (Å²) in [6, 6.07) is 3.16. The zero-order valence-corrected chi connectivity index (χ0v) is 23.1. The van der Waals surface area contributed by atoms with Crippen molar-refractivity contribution in [2.45, 2.75) is 69.8 Å². The molecule has 1 amide bonds. The second-order valence-electron chi connectivity index (χ2n) is 10.9. The number of nitrogens with zero attached hydrogens (tertiary/aromatic N) is 4. The Morgan fingerprint density at radius 3 is 2.65 bits per heavy atom. The van der Waals surface area contributed by atoms with Gasteiger partial charge in [-0.3, -0.25) is 9.48 Å². The molecule has 3 heterocycles. The number of fused-ring (bicyclic) bond motifs is 1. The summed E-state index contributed by atoms with van der Waals surface area (Å²) in [5.41, 5.74) is 2.56. The van der Waals surface area contributed by atoms with E-state index < -0.39 is 18.5 Å². The molecule has 0 radical (unpaired) electrons. The second-order valence-corrected chi connectivity index (χ2v) is 10.9. The molecule has 0 spiro atoms. The lowest BCUT2D eigenvalue weighted by Gasteiger charge is -2.35. The summed E-state index contributed by atoms with van der Waals surface area (Å²) in [6.07, 6.45) is 4.51. The molecule has 1 saturated carbocycles. The van der Waals surface area contributed by atoms with Crippen molar-refractivity contribution < 1.29 is 27.1 Å². The summed E-state index contributed by atoms with van der Waals surface area (Å²) in [7, 11) is 1.84. The normalized spacial score (nSPS) is 22.1. The number of rotatable bonds is 9. The van der Waals surface area contributed by atoms with Crippen molar-refractivity contribution in [1.82, 2.24) is 25.0 Å². The molecule has 218 valence electrons. The van der Waals surface area contributed by atoms with Gasteiger partial charge in [-0.1, -0.05) is 18.7 Å². The number of carbonyl (C=O) groups excluding carboxylic acids is 1. The Labute approximate surface area is 232 Å². The maximum atomic E-state index is 15.6. The average Bonchev–Trinajstić information content (AvgIpc) is 3.09. The number of aromatic nitrogens is 3. The monoisotopic (exact) mass is 563 g/mol. The minimum atomic E-state index is -4.41. The van der Waals surface area contributed by atoms with Crippen LogP contribution in [0.3, 0.4) is 0 Å². The van der Waals surface area contributed by atoms with Crippen LogP contribution in [0.4, 0.5) is 17.6 Å². The highest BCUT2D eigenvalue weighted by molar-refractivity contribution is 5.96. The molecule has 0 aromatic carbocycles. The highest BCUT2D eigenvalue weighted by Gasteiger charge is 2.36. The number of amides is 1. The molecule has 1 N–H and O–H groups in total. The minimum absolute atomic E-state index is 0.0284. The molecule has 1 aliphatic heterocycles. The molecule has 1 aliphatic carbocycles. The molecule has 11 heteroatoms. The van der Waals surface area contributed by atoms with Gasteiger partial charge in [0, 0.05) is 68.2 Å². The molecule has 0 unspecified atom stereocenters. The van der Waals surface area contributed by atoms with Gasteiger partial charge >= 0.3 is 6.18 Å². The smallest absolute Gasteiger partial charge is 0.422 e. The van der Waals surface area contributed by atoms with Gasteiger partial charge < -0.3 is 15.0 Å². The Morgan fingerprint density at radius 1 is 1.25 bits per heavy atom. The number of carbonyl (C=O) groups is 1. The molecule has 0 saturated heterocycles. The van der Waals surface area contributed by atoms with Gasteiger partial charge in [-0.15, -0.1) is 0 Å². The molecular formula is C29H37F4N5O2. The van der Waals surface area contributed by atoms with E-state index in [-0.39, 0.29) is 17.8 Å². The summed E-state index contributed by atoms with van der Waals surface area (Å²) < 4.78 is 59.5. The van der Waals surface area contributed by atoms with Crippen molar-refractivity contribution in [3.63, 3.8) is 0 Å². The van der Waals surface area contributed by atoms with Gasteiger partial charge in [0.25, 0.3) is 5.91 Å². The van der Waals surface area contributed by atoms with Crippen LogP contribution in [0, 0.1) is 6.92 Å². The topological polar surface area (TPSA) is 72.3 Å². The van der Waals surface area contributed by atoms with Gasteiger partial charge in [0.05, 0.1) is 5.69 Å². The van der Waals surface area contributed by atoms with Crippen LogP contribution < -0.4 is 10.1 Å². The van der Waals surface area contributed by atoms with E-state index in [9.17, 15) is 18.0 Å². The Balaban J connectivity index is 1.19. The van der Waals surface area contributed by atoms with Crippen molar-refractivity contribution in [2.24, 2.45) is 7.05 Å². The molecule has 40 heavy (non-hydrogen) atoms. The number of aryl methyl sites for hydroxylation is 2. The van der Waals surface area contributed by atoms with E-state index in [0.29, 0.717) is 63.6 Å². The van der Waals surface area contributed by atoms with E-state index in [1.165, 1.54) is 6.07 Å². The minimum Gasteiger partial charge on any atom is -0.468 e. The number of nitrogens with one attached hydrogen (secondary N) is 1. The maximum Gasteiger partial charge on any atom is 0.422 e.